The zero-order valence-electron chi connectivity index (χ0n) is 10.1. The Kier molecular flexibility index (Phi) is 4.13. The SMILES string of the molecule is N#Cc1ccccc1CN1CCCC(CN)C1. The number of hydrogen-bond donors (Lipinski definition) is 1. The van der Waals surface area contributed by atoms with Crippen LogP contribution in [0.2, 0.25) is 0 Å². The molecule has 0 radical (unpaired) electrons. The van der Waals surface area contributed by atoms with Crippen molar-refractivity contribution in [3.63, 3.8) is 0 Å². The van der Waals surface area contributed by atoms with Crippen LogP contribution in [0.25, 0.3) is 0 Å². The van der Waals surface area contributed by atoms with E-state index in [1.165, 1.54) is 12.8 Å². The molecule has 2 rings (SSSR count). The fourth-order valence-electron chi connectivity index (χ4n) is 2.50. The fourth-order valence-corrected chi connectivity index (χ4v) is 2.50. The van der Waals surface area contributed by atoms with Gasteiger partial charge in [0, 0.05) is 13.1 Å². The summed E-state index contributed by atoms with van der Waals surface area (Å²) in [4.78, 5) is 2.41. The standard InChI is InChI=1S/C14H19N3/c15-8-12-4-3-7-17(10-12)11-14-6-2-1-5-13(14)9-16/h1-2,5-6,12H,3-4,7-8,10-11,15H2. The Morgan fingerprint density at radius 1 is 1.41 bits per heavy atom. The zero-order chi connectivity index (χ0) is 12.1. The van der Waals surface area contributed by atoms with Crippen LogP contribution in [0.5, 0.6) is 0 Å². The van der Waals surface area contributed by atoms with Gasteiger partial charge < -0.3 is 5.73 Å². The summed E-state index contributed by atoms with van der Waals surface area (Å²) in [6.45, 7) is 3.84. The quantitative estimate of drug-likeness (QED) is 0.858. The number of piperidine rings is 1. The van der Waals surface area contributed by atoms with E-state index < -0.39 is 0 Å². The van der Waals surface area contributed by atoms with Gasteiger partial charge in [0.15, 0.2) is 0 Å². The van der Waals surface area contributed by atoms with Crippen molar-refractivity contribution >= 4 is 0 Å². The average molecular weight is 229 g/mol. The van der Waals surface area contributed by atoms with Gasteiger partial charge in [-0.05, 0) is 43.5 Å². The summed E-state index contributed by atoms with van der Waals surface area (Å²) in [5.41, 5.74) is 7.66. The van der Waals surface area contributed by atoms with Gasteiger partial charge in [0.25, 0.3) is 0 Å². The summed E-state index contributed by atoms with van der Waals surface area (Å²) in [5.74, 6) is 0.623. The molecule has 1 saturated heterocycles. The Balaban J connectivity index is 2.03. The van der Waals surface area contributed by atoms with Crippen LogP contribution in [0.4, 0.5) is 0 Å². The minimum absolute atomic E-state index is 0.623. The molecule has 1 heterocycles. The van der Waals surface area contributed by atoms with Crippen molar-refractivity contribution in [3.8, 4) is 6.07 Å². The molecule has 0 saturated carbocycles. The molecule has 0 bridgehead atoms. The van der Waals surface area contributed by atoms with Crippen molar-refractivity contribution < 1.29 is 0 Å². The largest absolute Gasteiger partial charge is 0.330 e. The summed E-state index contributed by atoms with van der Waals surface area (Å²) in [6, 6.07) is 10.1. The van der Waals surface area contributed by atoms with Gasteiger partial charge in [-0.2, -0.15) is 5.26 Å². The zero-order valence-corrected chi connectivity index (χ0v) is 10.1. The highest BCUT2D eigenvalue weighted by atomic mass is 15.1. The van der Waals surface area contributed by atoms with E-state index in [0.717, 1.165) is 37.3 Å². The molecule has 1 fully saturated rings. The molecule has 1 atom stereocenters. The maximum atomic E-state index is 9.06. The molecule has 3 heteroatoms. The first-order valence-corrected chi connectivity index (χ1v) is 6.24. The van der Waals surface area contributed by atoms with Gasteiger partial charge in [0.1, 0.15) is 0 Å². The highest BCUT2D eigenvalue weighted by molar-refractivity contribution is 5.37. The van der Waals surface area contributed by atoms with E-state index in [1.54, 1.807) is 0 Å². The predicted molar refractivity (Wildman–Crippen MR) is 68.2 cm³/mol. The topological polar surface area (TPSA) is 53.0 Å². The minimum atomic E-state index is 0.623. The third-order valence-corrected chi connectivity index (χ3v) is 3.47. The van der Waals surface area contributed by atoms with Crippen LogP contribution in [0.3, 0.4) is 0 Å². The number of benzene rings is 1. The van der Waals surface area contributed by atoms with E-state index >= 15 is 0 Å². The van der Waals surface area contributed by atoms with E-state index in [-0.39, 0.29) is 0 Å². The van der Waals surface area contributed by atoms with E-state index in [9.17, 15) is 0 Å². The van der Waals surface area contributed by atoms with Crippen molar-refractivity contribution in [2.24, 2.45) is 11.7 Å². The molecular weight excluding hydrogens is 210 g/mol. The summed E-state index contributed by atoms with van der Waals surface area (Å²) in [6.07, 6.45) is 2.46. The first-order chi connectivity index (χ1) is 8.33. The molecule has 0 spiro atoms. The monoisotopic (exact) mass is 229 g/mol. The molecule has 0 aliphatic carbocycles. The molecule has 0 aromatic heterocycles. The Morgan fingerprint density at radius 2 is 2.24 bits per heavy atom. The van der Waals surface area contributed by atoms with Gasteiger partial charge in [0.05, 0.1) is 11.6 Å². The van der Waals surface area contributed by atoms with Crippen molar-refractivity contribution in [2.75, 3.05) is 19.6 Å². The summed E-state index contributed by atoms with van der Waals surface area (Å²) in [5, 5.41) is 9.06. The van der Waals surface area contributed by atoms with E-state index in [2.05, 4.69) is 11.0 Å². The number of rotatable bonds is 3. The molecule has 1 aromatic carbocycles. The Morgan fingerprint density at radius 3 is 3.00 bits per heavy atom. The van der Waals surface area contributed by atoms with E-state index in [0.29, 0.717) is 5.92 Å². The van der Waals surface area contributed by atoms with Gasteiger partial charge in [-0.15, -0.1) is 0 Å². The Labute approximate surface area is 103 Å². The van der Waals surface area contributed by atoms with Crippen LogP contribution in [0, 0.1) is 17.2 Å². The van der Waals surface area contributed by atoms with Gasteiger partial charge in [-0.3, -0.25) is 4.90 Å². The van der Waals surface area contributed by atoms with Crippen LogP contribution in [-0.2, 0) is 6.54 Å². The summed E-state index contributed by atoms with van der Waals surface area (Å²) in [7, 11) is 0. The number of nitrogens with zero attached hydrogens (tertiary/aromatic N) is 2. The molecular formula is C14H19N3. The second-order valence-corrected chi connectivity index (χ2v) is 4.75. The lowest BCUT2D eigenvalue weighted by Crippen LogP contribution is -2.37. The van der Waals surface area contributed by atoms with Crippen molar-refractivity contribution in [1.29, 1.82) is 5.26 Å². The van der Waals surface area contributed by atoms with Gasteiger partial charge in [-0.1, -0.05) is 18.2 Å². The predicted octanol–water partition coefficient (Wildman–Crippen LogP) is 1.73. The first kappa shape index (κ1) is 12.1. The summed E-state index contributed by atoms with van der Waals surface area (Å²) < 4.78 is 0. The van der Waals surface area contributed by atoms with Crippen molar-refractivity contribution in [2.45, 2.75) is 19.4 Å². The van der Waals surface area contributed by atoms with Crippen LogP contribution >= 0.6 is 0 Å². The number of hydrogen-bond acceptors (Lipinski definition) is 3. The summed E-state index contributed by atoms with van der Waals surface area (Å²) >= 11 is 0. The van der Waals surface area contributed by atoms with Gasteiger partial charge in [0.2, 0.25) is 0 Å². The Hall–Kier alpha value is -1.37. The number of nitriles is 1. The second kappa shape index (κ2) is 5.81. The molecule has 3 nitrogen and oxygen atoms in total. The van der Waals surface area contributed by atoms with Crippen LogP contribution in [0.15, 0.2) is 24.3 Å². The van der Waals surface area contributed by atoms with Gasteiger partial charge >= 0.3 is 0 Å². The maximum Gasteiger partial charge on any atom is 0.0995 e. The highest BCUT2D eigenvalue weighted by Gasteiger charge is 2.19. The average Bonchev–Trinajstić information content (AvgIpc) is 2.39. The molecule has 1 aromatic rings. The van der Waals surface area contributed by atoms with E-state index in [1.807, 2.05) is 24.3 Å². The lowest BCUT2D eigenvalue weighted by molar-refractivity contribution is 0.171. The number of likely N-dealkylation sites (tertiary alicyclic amines) is 1. The third kappa shape index (κ3) is 3.06. The molecule has 1 aliphatic rings. The molecule has 1 aliphatic heterocycles. The third-order valence-electron chi connectivity index (χ3n) is 3.47. The lowest BCUT2D eigenvalue weighted by Gasteiger charge is -2.32. The van der Waals surface area contributed by atoms with Crippen molar-refractivity contribution in [3.05, 3.63) is 35.4 Å². The van der Waals surface area contributed by atoms with Gasteiger partial charge in [-0.25, -0.2) is 0 Å². The molecule has 1 unspecified atom stereocenters. The highest BCUT2D eigenvalue weighted by Crippen LogP contribution is 2.18. The fraction of sp³-hybridized carbons (Fsp3) is 0.500. The Bertz CT molecular complexity index is 408. The molecule has 2 N–H and O–H groups in total. The van der Waals surface area contributed by atoms with Crippen LogP contribution in [0.1, 0.15) is 24.0 Å². The minimum Gasteiger partial charge on any atom is -0.330 e. The first-order valence-electron chi connectivity index (χ1n) is 6.24. The van der Waals surface area contributed by atoms with E-state index in [4.69, 9.17) is 11.0 Å². The molecule has 90 valence electrons. The maximum absolute atomic E-state index is 9.06. The normalized spacial score (nSPS) is 21.1. The molecule has 17 heavy (non-hydrogen) atoms. The van der Waals surface area contributed by atoms with Crippen LogP contribution in [-0.4, -0.2) is 24.5 Å². The second-order valence-electron chi connectivity index (χ2n) is 4.75. The molecule has 0 amide bonds. The smallest absolute Gasteiger partial charge is 0.0995 e. The van der Waals surface area contributed by atoms with Crippen molar-refractivity contribution in [1.82, 2.24) is 4.90 Å². The van der Waals surface area contributed by atoms with Crippen LogP contribution < -0.4 is 5.73 Å². The number of nitrogens with two attached hydrogens (primary N) is 1. The lowest BCUT2D eigenvalue weighted by atomic mass is 9.97.